The first kappa shape index (κ1) is 14.3. The molecule has 0 unspecified atom stereocenters. The van der Waals surface area contributed by atoms with E-state index in [9.17, 15) is 0 Å². The highest BCUT2D eigenvalue weighted by atomic mass is 16.5. The van der Waals surface area contributed by atoms with E-state index in [2.05, 4.69) is 40.2 Å². The predicted molar refractivity (Wildman–Crippen MR) is 87.3 cm³/mol. The molecule has 5 heteroatoms. The number of pyridine rings is 1. The summed E-state index contributed by atoms with van der Waals surface area (Å²) in [5, 5.41) is 5.23. The van der Waals surface area contributed by atoms with Crippen molar-refractivity contribution < 1.29 is 9.26 Å². The van der Waals surface area contributed by atoms with Crippen LogP contribution in [0.2, 0.25) is 0 Å². The molecule has 0 saturated carbocycles. The lowest BCUT2D eigenvalue weighted by molar-refractivity contribution is 0.192. The average Bonchev–Trinajstić information content (AvgIpc) is 3.24. The van der Waals surface area contributed by atoms with Crippen LogP contribution < -0.4 is 0 Å². The molecular weight excluding hydrogens is 290 g/mol. The summed E-state index contributed by atoms with van der Waals surface area (Å²) in [6, 6.07) is 8.37. The van der Waals surface area contributed by atoms with Crippen LogP contribution in [0.15, 0.2) is 28.8 Å². The number of hydrogen-bond donors (Lipinski definition) is 0. The number of aromatic nitrogens is 3. The molecule has 0 N–H and O–H groups in total. The third-order valence-corrected chi connectivity index (χ3v) is 4.38. The Morgan fingerprint density at radius 2 is 2.13 bits per heavy atom. The molecule has 0 aliphatic carbocycles. The molecule has 118 valence electrons. The van der Waals surface area contributed by atoms with Crippen LogP contribution in [0.25, 0.3) is 22.4 Å². The van der Waals surface area contributed by atoms with Crippen LogP contribution in [0.1, 0.15) is 36.3 Å². The van der Waals surface area contributed by atoms with Gasteiger partial charge in [-0.1, -0.05) is 18.1 Å². The van der Waals surface area contributed by atoms with Crippen molar-refractivity contribution >= 4 is 10.9 Å². The van der Waals surface area contributed by atoms with Crippen molar-refractivity contribution in [2.75, 3.05) is 13.2 Å². The molecule has 3 aromatic rings. The molecule has 1 aliphatic rings. The molecule has 0 radical (unpaired) electrons. The number of nitrogens with zero attached hydrogens (tertiary/aromatic N) is 3. The van der Waals surface area contributed by atoms with Gasteiger partial charge in [-0.05, 0) is 43.5 Å². The minimum absolute atomic E-state index is 0.243. The molecule has 0 bridgehead atoms. The first-order chi connectivity index (χ1) is 11.2. The van der Waals surface area contributed by atoms with E-state index in [1.165, 1.54) is 5.56 Å². The molecule has 2 aromatic heterocycles. The van der Waals surface area contributed by atoms with Crippen molar-refractivity contribution in [1.29, 1.82) is 0 Å². The fraction of sp³-hybridized carbons (Fsp3) is 0.389. The minimum atomic E-state index is 0.243. The van der Waals surface area contributed by atoms with Gasteiger partial charge in [-0.15, -0.1) is 0 Å². The summed E-state index contributed by atoms with van der Waals surface area (Å²) < 4.78 is 11.0. The van der Waals surface area contributed by atoms with Crippen molar-refractivity contribution in [3.05, 3.63) is 41.3 Å². The van der Waals surface area contributed by atoms with Gasteiger partial charge in [0.1, 0.15) is 0 Å². The number of benzene rings is 1. The van der Waals surface area contributed by atoms with Gasteiger partial charge in [0, 0.05) is 23.6 Å². The summed E-state index contributed by atoms with van der Waals surface area (Å²) >= 11 is 0. The van der Waals surface area contributed by atoms with E-state index in [1.54, 1.807) is 0 Å². The molecule has 1 atom stereocenters. The number of fused-ring (bicyclic) bond motifs is 1. The Morgan fingerprint density at radius 1 is 1.22 bits per heavy atom. The lowest BCUT2D eigenvalue weighted by Gasteiger charge is -2.06. The molecule has 3 heterocycles. The Bertz CT molecular complexity index is 851. The Morgan fingerprint density at radius 3 is 2.91 bits per heavy atom. The lowest BCUT2D eigenvalue weighted by atomic mass is 10.0. The van der Waals surface area contributed by atoms with Crippen molar-refractivity contribution in [1.82, 2.24) is 15.1 Å². The van der Waals surface area contributed by atoms with Gasteiger partial charge in [-0.2, -0.15) is 4.98 Å². The van der Waals surface area contributed by atoms with Crippen LogP contribution in [-0.2, 0) is 11.2 Å². The molecule has 23 heavy (non-hydrogen) atoms. The second kappa shape index (κ2) is 5.74. The van der Waals surface area contributed by atoms with E-state index in [0.717, 1.165) is 47.4 Å². The highest BCUT2D eigenvalue weighted by molar-refractivity contribution is 5.93. The van der Waals surface area contributed by atoms with E-state index in [0.29, 0.717) is 12.5 Å². The standard InChI is InChI=1S/C18H19N3O2/c1-3-12-4-5-16-14(9-12)15(8-11(2)19-16)18-20-17(21-23-18)13-6-7-22-10-13/h4-5,8-9,13H,3,6-7,10H2,1-2H3/t13-/m0/s1. The van der Waals surface area contributed by atoms with E-state index in [-0.39, 0.29) is 5.92 Å². The zero-order chi connectivity index (χ0) is 15.8. The van der Waals surface area contributed by atoms with Crippen molar-refractivity contribution in [3.63, 3.8) is 0 Å². The maximum atomic E-state index is 5.56. The quantitative estimate of drug-likeness (QED) is 0.739. The van der Waals surface area contributed by atoms with Gasteiger partial charge in [0.2, 0.25) is 0 Å². The Balaban J connectivity index is 1.83. The number of ether oxygens (including phenoxy) is 1. The third kappa shape index (κ3) is 2.61. The SMILES string of the molecule is CCc1ccc2nc(C)cc(-c3nc([C@H]4CCOC4)no3)c2c1. The van der Waals surface area contributed by atoms with Gasteiger partial charge >= 0.3 is 0 Å². The summed E-state index contributed by atoms with van der Waals surface area (Å²) in [5.41, 5.74) is 4.13. The fourth-order valence-corrected chi connectivity index (χ4v) is 3.05. The first-order valence-corrected chi connectivity index (χ1v) is 8.06. The Kier molecular flexibility index (Phi) is 3.58. The molecule has 1 saturated heterocycles. The molecule has 1 fully saturated rings. The predicted octanol–water partition coefficient (Wildman–Crippen LogP) is 3.66. The third-order valence-electron chi connectivity index (χ3n) is 4.38. The van der Waals surface area contributed by atoms with Crippen LogP contribution in [0.4, 0.5) is 0 Å². The van der Waals surface area contributed by atoms with Gasteiger partial charge in [-0.25, -0.2) is 0 Å². The first-order valence-electron chi connectivity index (χ1n) is 8.06. The van der Waals surface area contributed by atoms with Crippen LogP contribution >= 0.6 is 0 Å². The van der Waals surface area contributed by atoms with E-state index < -0.39 is 0 Å². The molecule has 0 amide bonds. The summed E-state index contributed by atoms with van der Waals surface area (Å²) in [5.74, 6) is 1.55. The average molecular weight is 309 g/mol. The lowest BCUT2D eigenvalue weighted by Crippen LogP contribution is -1.99. The van der Waals surface area contributed by atoms with Crippen LogP contribution in [0, 0.1) is 6.92 Å². The van der Waals surface area contributed by atoms with Crippen molar-refractivity contribution in [3.8, 4) is 11.5 Å². The maximum absolute atomic E-state index is 5.56. The summed E-state index contributed by atoms with van der Waals surface area (Å²) in [6.45, 7) is 5.58. The normalized spacial score (nSPS) is 17.9. The van der Waals surface area contributed by atoms with Gasteiger partial charge in [0.25, 0.3) is 5.89 Å². The Hall–Kier alpha value is -2.27. The van der Waals surface area contributed by atoms with Crippen LogP contribution in [0.5, 0.6) is 0 Å². The summed E-state index contributed by atoms with van der Waals surface area (Å²) in [4.78, 5) is 9.24. The molecule has 5 nitrogen and oxygen atoms in total. The summed E-state index contributed by atoms with van der Waals surface area (Å²) in [7, 11) is 0. The highest BCUT2D eigenvalue weighted by Crippen LogP contribution is 2.30. The van der Waals surface area contributed by atoms with Gasteiger partial charge < -0.3 is 9.26 Å². The van der Waals surface area contributed by atoms with Gasteiger partial charge in [0.05, 0.1) is 17.7 Å². The largest absolute Gasteiger partial charge is 0.381 e. The zero-order valence-electron chi connectivity index (χ0n) is 13.4. The minimum Gasteiger partial charge on any atom is -0.381 e. The van der Waals surface area contributed by atoms with E-state index >= 15 is 0 Å². The molecule has 4 rings (SSSR count). The number of hydrogen-bond acceptors (Lipinski definition) is 5. The topological polar surface area (TPSA) is 61.0 Å². The van der Waals surface area contributed by atoms with Crippen molar-refractivity contribution in [2.24, 2.45) is 0 Å². The number of aryl methyl sites for hydroxylation is 2. The highest BCUT2D eigenvalue weighted by Gasteiger charge is 2.24. The van der Waals surface area contributed by atoms with Crippen LogP contribution in [-0.4, -0.2) is 28.3 Å². The van der Waals surface area contributed by atoms with E-state index in [4.69, 9.17) is 9.26 Å². The maximum Gasteiger partial charge on any atom is 0.258 e. The Labute approximate surface area is 134 Å². The molecule has 0 spiro atoms. The molecular formula is C18H19N3O2. The van der Waals surface area contributed by atoms with Gasteiger partial charge in [-0.3, -0.25) is 4.98 Å². The van der Waals surface area contributed by atoms with E-state index in [1.807, 2.05) is 13.0 Å². The van der Waals surface area contributed by atoms with Crippen LogP contribution in [0.3, 0.4) is 0 Å². The second-order valence-electron chi connectivity index (χ2n) is 6.03. The molecule has 1 aromatic carbocycles. The monoisotopic (exact) mass is 309 g/mol. The molecule has 1 aliphatic heterocycles. The van der Waals surface area contributed by atoms with Gasteiger partial charge in [0.15, 0.2) is 5.82 Å². The summed E-state index contributed by atoms with van der Waals surface area (Å²) in [6.07, 6.45) is 1.94. The zero-order valence-corrected chi connectivity index (χ0v) is 13.4. The second-order valence-corrected chi connectivity index (χ2v) is 6.03. The smallest absolute Gasteiger partial charge is 0.258 e. The number of rotatable bonds is 3. The fourth-order valence-electron chi connectivity index (χ4n) is 3.05. The van der Waals surface area contributed by atoms with Crippen molar-refractivity contribution in [2.45, 2.75) is 32.6 Å².